The molecule has 0 amide bonds. The molecule has 9 heavy (non-hydrogen) atoms. The van der Waals surface area contributed by atoms with E-state index in [4.69, 9.17) is 5.21 Å². The van der Waals surface area contributed by atoms with Gasteiger partial charge in [0, 0.05) is 0 Å². The van der Waals surface area contributed by atoms with Crippen molar-refractivity contribution in [1.82, 2.24) is 0 Å². The first-order valence-corrected chi connectivity index (χ1v) is 2.38. The second-order valence-corrected chi connectivity index (χ2v) is 1.48. The molecule has 2 nitrogen and oxygen atoms in total. The molecule has 0 fully saturated rings. The van der Waals surface area contributed by atoms with Gasteiger partial charge in [-0.05, 0) is 12.1 Å². The summed E-state index contributed by atoms with van der Waals surface area (Å²) in [5.41, 5.74) is 2.74. The maximum Gasteiger partial charge on any atom is 3.00 e. The Bertz CT molecular complexity index is 154. The van der Waals surface area contributed by atoms with Gasteiger partial charge in [-0.1, -0.05) is 18.2 Å². The molecule has 0 unspecified atom stereocenters. The summed E-state index contributed by atoms with van der Waals surface area (Å²) in [6.07, 6.45) is 0. The van der Waals surface area contributed by atoms with E-state index in [9.17, 15) is 0 Å². The van der Waals surface area contributed by atoms with Crippen LogP contribution in [0.25, 0.3) is 0 Å². The molecule has 0 saturated carbocycles. The van der Waals surface area contributed by atoms with Crippen LogP contribution in [0.3, 0.4) is 0 Å². The Morgan fingerprint density at radius 3 is 2.00 bits per heavy atom. The van der Waals surface area contributed by atoms with E-state index >= 15 is 0 Å². The number of nitrogens with one attached hydrogen (secondary N) is 1. The molecular weight excluding hydrogens is 242 g/mol. The van der Waals surface area contributed by atoms with Crippen molar-refractivity contribution in [3.05, 3.63) is 30.3 Å². The SMILES string of the molecule is ONc1ccccc1.[Ce+3]. The zero-order valence-corrected chi connectivity index (χ0v) is 7.97. The summed E-state index contributed by atoms with van der Waals surface area (Å²) in [5, 5.41) is 8.29. The number of hydrogen-bond acceptors (Lipinski definition) is 2. The molecule has 0 atom stereocenters. The molecule has 1 radical (unpaired) electrons. The van der Waals surface area contributed by atoms with E-state index in [1.165, 1.54) is 0 Å². The van der Waals surface area contributed by atoms with Gasteiger partial charge in [-0.2, -0.15) is 0 Å². The average Bonchev–Trinajstić information content (AvgIpc) is 1.90. The molecule has 0 heterocycles. The Labute approximate surface area is 87.6 Å². The number of para-hydroxylation sites is 1. The van der Waals surface area contributed by atoms with Gasteiger partial charge >= 0.3 is 41.7 Å². The molecule has 0 aliphatic heterocycles. The van der Waals surface area contributed by atoms with Crippen LogP contribution in [0.5, 0.6) is 0 Å². The van der Waals surface area contributed by atoms with Gasteiger partial charge in [0.25, 0.3) is 0 Å². The van der Waals surface area contributed by atoms with E-state index in [1.807, 2.05) is 23.7 Å². The van der Waals surface area contributed by atoms with Crippen LogP contribution in [0.4, 0.5) is 5.69 Å². The molecule has 0 aromatic heterocycles. The molecule has 0 aliphatic carbocycles. The Kier molecular flexibility index (Phi) is 5.37. The summed E-state index contributed by atoms with van der Waals surface area (Å²) in [6, 6.07) is 9.14. The van der Waals surface area contributed by atoms with E-state index in [-0.39, 0.29) is 41.7 Å². The maximum atomic E-state index is 8.29. The zero-order valence-electron chi connectivity index (χ0n) is 4.83. The minimum absolute atomic E-state index is 0. The number of anilines is 1. The van der Waals surface area contributed by atoms with Crippen molar-refractivity contribution in [1.29, 1.82) is 0 Å². The molecule has 1 rings (SSSR count). The third kappa shape index (κ3) is 3.15. The van der Waals surface area contributed by atoms with E-state index in [1.54, 1.807) is 12.1 Å². The van der Waals surface area contributed by atoms with Crippen LogP contribution in [-0.4, -0.2) is 5.21 Å². The van der Waals surface area contributed by atoms with Gasteiger partial charge in [-0.3, -0.25) is 10.7 Å². The monoisotopic (exact) mass is 249 g/mol. The molecular formula is C6H7CeNO+3. The van der Waals surface area contributed by atoms with Gasteiger partial charge in [-0.15, -0.1) is 0 Å². The van der Waals surface area contributed by atoms with Crippen molar-refractivity contribution in [3.63, 3.8) is 0 Å². The molecule has 0 spiro atoms. The van der Waals surface area contributed by atoms with Gasteiger partial charge in [-0.25, -0.2) is 0 Å². The van der Waals surface area contributed by atoms with Crippen LogP contribution in [0, 0.1) is 41.7 Å². The second-order valence-electron chi connectivity index (χ2n) is 1.48. The molecule has 2 N–H and O–H groups in total. The minimum atomic E-state index is 0. The number of hydrogen-bond donors (Lipinski definition) is 2. The first kappa shape index (κ1) is 9.36. The normalized spacial score (nSPS) is 7.67. The van der Waals surface area contributed by atoms with Crippen molar-refractivity contribution in [2.45, 2.75) is 0 Å². The summed E-state index contributed by atoms with van der Waals surface area (Å²) in [5.74, 6) is 0. The summed E-state index contributed by atoms with van der Waals surface area (Å²) in [6.45, 7) is 0. The summed E-state index contributed by atoms with van der Waals surface area (Å²) < 4.78 is 0. The zero-order chi connectivity index (χ0) is 5.82. The van der Waals surface area contributed by atoms with Crippen molar-refractivity contribution in [3.8, 4) is 0 Å². The Balaban J connectivity index is 0.000000640. The van der Waals surface area contributed by atoms with Crippen LogP contribution in [-0.2, 0) is 0 Å². The summed E-state index contributed by atoms with van der Waals surface area (Å²) in [7, 11) is 0. The van der Waals surface area contributed by atoms with Gasteiger partial charge in [0.05, 0.1) is 5.69 Å². The summed E-state index contributed by atoms with van der Waals surface area (Å²) >= 11 is 0. The van der Waals surface area contributed by atoms with E-state index in [0.29, 0.717) is 5.69 Å². The third-order valence-corrected chi connectivity index (χ3v) is 0.903. The van der Waals surface area contributed by atoms with Crippen LogP contribution in [0.15, 0.2) is 30.3 Å². The number of rotatable bonds is 1. The van der Waals surface area contributed by atoms with Crippen LogP contribution in [0.1, 0.15) is 0 Å². The molecule has 3 heteroatoms. The molecule has 0 saturated heterocycles. The van der Waals surface area contributed by atoms with Gasteiger partial charge < -0.3 is 0 Å². The van der Waals surface area contributed by atoms with Gasteiger partial charge in [0.2, 0.25) is 0 Å². The summed E-state index contributed by atoms with van der Waals surface area (Å²) in [4.78, 5) is 0. The van der Waals surface area contributed by atoms with Crippen molar-refractivity contribution < 1.29 is 47.0 Å². The Morgan fingerprint density at radius 2 is 1.67 bits per heavy atom. The smallest absolute Gasteiger partial charge is 0.291 e. The topological polar surface area (TPSA) is 32.3 Å². The van der Waals surface area contributed by atoms with Crippen molar-refractivity contribution >= 4 is 5.69 Å². The van der Waals surface area contributed by atoms with Gasteiger partial charge in [0.15, 0.2) is 0 Å². The molecule has 43 valence electrons. The number of benzene rings is 1. The quantitative estimate of drug-likeness (QED) is 0.739. The van der Waals surface area contributed by atoms with Gasteiger partial charge in [0.1, 0.15) is 0 Å². The molecule has 1 aromatic rings. The minimum Gasteiger partial charge on any atom is -0.291 e. The molecule has 0 bridgehead atoms. The maximum absolute atomic E-state index is 8.29. The first-order chi connectivity index (χ1) is 3.93. The second kappa shape index (κ2) is 5.17. The van der Waals surface area contributed by atoms with Crippen molar-refractivity contribution in [2.24, 2.45) is 0 Å². The molecule has 1 aromatic carbocycles. The van der Waals surface area contributed by atoms with Crippen LogP contribution < -0.4 is 5.48 Å². The fourth-order valence-electron chi connectivity index (χ4n) is 0.513. The third-order valence-electron chi connectivity index (χ3n) is 0.903. The fraction of sp³-hybridized carbons (Fsp3) is 0. The first-order valence-electron chi connectivity index (χ1n) is 2.38. The average molecular weight is 249 g/mol. The fourth-order valence-corrected chi connectivity index (χ4v) is 0.513. The molecule has 0 aliphatic rings. The van der Waals surface area contributed by atoms with E-state index < -0.39 is 0 Å². The van der Waals surface area contributed by atoms with E-state index in [0.717, 1.165) is 0 Å². The Hall–Kier alpha value is 0.357. The predicted molar refractivity (Wildman–Crippen MR) is 31.9 cm³/mol. The van der Waals surface area contributed by atoms with E-state index in [2.05, 4.69) is 0 Å². The standard InChI is InChI=1S/C6H7NO.Ce/c8-7-6-4-2-1-3-5-6;/h1-5,7-8H;/q;+3. The largest absolute Gasteiger partial charge is 3.00 e. The Morgan fingerprint density at radius 1 is 1.11 bits per heavy atom. The van der Waals surface area contributed by atoms with Crippen LogP contribution in [0.2, 0.25) is 0 Å². The van der Waals surface area contributed by atoms with Crippen molar-refractivity contribution in [2.75, 3.05) is 5.48 Å². The van der Waals surface area contributed by atoms with Crippen LogP contribution >= 0.6 is 0 Å². The predicted octanol–water partition coefficient (Wildman–Crippen LogP) is 1.49.